The third-order valence-corrected chi connectivity index (χ3v) is 3.53. The van der Waals surface area contributed by atoms with Crippen LogP contribution in [0.3, 0.4) is 0 Å². The normalized spacial score (nSPS) is 29.0. The van der Waals surface area contributed by atoms with Crippen molar-refractivity contribution in [2.45, 2.75) is 38.3 Å². The average molecular weight is 234 g/mol. The first-order valence-corrected chi connectivity index (χ1v) is 6.42. The van der Waals surface area contributed by atoms with Crippen LogP contribution in [0.15, 0.2) is 24.3 Å². The van der Waals surface area contributed by atoms with E-state index in [1.165, 1.54) is 5.56 Å². The maximum absolute atomic E-state index is 6.11. The van der Waals surface area contributed by atoms with Crippen molar-refractivity contribution < 1.29 is 4.74 Å². The number of ether oxygens (including phenoxy) is 1. The number of nitrogens with one attached hydrogen (secondary N) is 1. The topological polar surface area (TPSA) is 47.3 Å². The van der Waals surface area contributed by atoms with Crippen LogP contribution < -0.4 is 15.8 Å². The monoisotopic (exact) mass is 234 g/mol. The van der Waals surface area contributed by atoms with Crippen LogP contribution in [0.1, 0.15) is 31.7 Å². The van der Waals surface area contributed by atoms with E-state index >= 15 is 0 Å². The Bertz CT molecular complexity index is 367. The molecule has 3 unspecified atom stereocenters. The fraction of sp³-hybridized carbons (Fsp3) is 0.571. The van der Waals surface area contributed by atoms with E-state index in [0.717, 1.165) is 18.7 Å². The summed E-state index contributed by atoms with van der Waals surface area (Å²) in [5, 5.41) is 3.47. The lowest BCUT2D eigenvalue weighted by Crippen LogP contribution is -2.50. The van der Waals surface area contributed by atoms with Gasteiger partial charge >= 0.3 is 0 Å². The molecule has 0 saturated carbocycles. The SMILES string of the molecule is CCOc1cccc(C2CNC(C)C(N)C2)c1. The van der Waals surface area contributed by atoms with Crippen LogP contribution in [0.5, 0.6) is 5.75 Å². The summed E-state index contributed by atoms with van der Waals surface area (Å²) < 4.78 is 5.53. The molecule has 3 atom stereocenters. The molecule has 94 valence electrons. The maximum Gasteiger partial charge on any atom is 0.119 e. The van der Waals surface area contributed by atoms with E-state index in [9.17, 15) is 0 Å². The number of hydrogen-bond acceptors (Lipinski definition) is 3. The zero-order valence-electron chi connectivity index (χ0n) is 10.6. The Hall–Kier alpha value is -1.06. The lowest BCUT2D eigenvalue weighted by Gasteiger charge is -2.33. The van der Waals surface area contributed by atoms with Crippen molar-refractivity contribution in [3.05, 3.63) is 29.8 Å². The summed E-state index contributed by atoms with van der Waals surface area (Å²) >= 11 is 0. The number of nitrogens with two attached hydrogens (primary N) is 1. The molecule has 3 N–H and O–H groups in total. The molecule has 1 fully saturated rings. The molecule has 0 amide bonds. The van der Waals surface area contributed by atoms with Gasteiger partial charge in [0.2, 0.25) is 0 Å². The second-order valence-corrected chi connectivity index (χ2v) is 4.80. The van der Waals surface area contributed by atoms with E-state index < -0.39 is 0 Å². The quantitative estimate of drug-likeness (QED) is 0.839. The Kier molecular flexibility index (Phi) is 4.02. The first kappa shape index (κ1) is 12.4. The number of hydrogen-bond donors (Lipinski definition) is 2. The summed E-state index contributed by atoms with van der Waals surface area (Å²) in [6.45, 7) is 5.87. The third kappa shape index (κ3) is 2.99. The summed E-state index contributed by atoms with van der Waals surface area (Å²) in [5.74, 6) is 1.46. The van der Waals surface area contributed by atoms with Crippen molar-refractivity contribution in [3.8, 4) is 5.75 Å². The molecule has 0 bridgehead atoms. The summed E-state index contributed by atoms with van der Waals surface area (Å²) in [4.78, 5) is 0. The number of benzene rings is 1. The van der Waals surface area contributed by atoms with Crippen molar-refractivity contribution in [1.82, 2.24) is 5.32 Å². The molecule has 3 nitrogen and oxygen atoms in total. The van der Waals surface area contributed by atoms with Crippen LogP contribution >= 0.6 is 0 Å². The Morgan fingerprint density at radius 1 is 1.47 bits per heavy atom. The van der Waals surface area contributed by atoms with E-state index in [4.69, 9.17) is 10.5 Å². The molecule has 0 aliphatic carbocycles. The van der Waals surface area contributed by atoms with Gasteiger partial charge in [-0.3, -0.25) is 0 Å². The molecule has 1 aliphatic rings. The molecular weight excluding hydrogens is 212 g/mol. The Balaban J connectivity index is 2.09. The van der Waals surface area contributed by atoms with Crippen LogP contribution in [-0.2, 0) is 0 Å². The van der Waals surface area contributed by atoms with E-state index in [-0.39, 0.29) is 6.04 Å². The molecule has 1 aliphatic heterocycles. The highest BCUT2D eigenvalue weighted by molar-refractivity contribution is 5.31. The van der Waals surface area contributed by atoms with E-state index in [0.29, 0.717) is 18.6 Å². The first-order chi connectivity index (χ1) is 8.20. The molecule has 1 saturated heterocycles. The molecule has 1 aromatic rings. The van der Waals surface area contributed by atoms with Gasteiger partial charge in [0.05, 0.1) is 6.61 Å². The highest BCUT2D eigenvalue weighted by Crippen LogP contribution is 2.27. The van der Waals surface area contributed by atoms with Crippen LogP contribution in [0.4, 0.5) is 0 Å². The second kappa shape index (κ2) is 5.52. The minimum Gasteiger partial charge on any atom is -0.494 e. The maximum atomic E-state index is 6.11. The van der Waals surface area contributed by atoms with Gasteiger partial charge in [-0.05, 0) is 43.9 Å². The Morgan fingerprint density at radius 3 is 3.00 bits per heavy atom. The van der Waals surface area contributed by atoms with E-state index in [2.05, 4.69) is 30.4 Å². The largest absolute Gasteiger partial charge is 0.494 e. The Labute approximate surface area is 103 Å². The van der Waals surface area contributed by atoms with Crippen molar-refractivity contribution >= 4 is 0 Å². The fourth-order valence-electron chi connectivity index (χ4n) is 2.37. The van der Waals surface area contributed by atoms with Crippen LogP contribution in [0.2, 0.25) is 0 Å². The first-order valence-electron chi connectivity index (χ1n) is 6.42. The van der Waals surface area contributed by atoms with Crippen LogP contribution in [0, 0.1) is 0 Å². The van der Waals surface area contributed by atoms with Crippen molar-refractivity contribution in [2.75, 3.05) is 13.2 Å². The van der Waals surface area contributed by atoms with Gasteiger partial charge in [0.1, 0.15) is 5.75 Å². The van der Waals surface area contributed by atoms with Gasteiger partial charge in [-0.2, -0.15) is 0 Å². The van der Waals surface area contributed by atoms with Crippen LogP contribution in [-0.4, -0.2) is 25.2 Å². The number of piperidine rings is 1. The summed E-state index contributed by atoms with van der Waals surface area (Å²) in [6.07, 6.45) is 1.05. The molecular formula is C14H22N2O. The van der Waals surface area contributed by atoms with Gasteiger partial charge in [0.25, 0.3) is 0 Å². The molecule has 0 spiro atoms. The van der Waals surface area contributed by atoms with Crippen molar-refractivity contribution in [3.63, 3.8) is 0 Å². The molecule has 1 heterocycles. The van der Waals surface area contributed by atoms with Crippen molar-refractivity contribution in [2.24, 2.45) is 5.73 Å². The van der Waals surface area contributed by atoms with Gasteiger partial charge in [0.15, 0.2) is 0 Å². The van der Waals surface area contributed by atoms with E-state index in [1.807, 2.05) is 13.0 Å². The lowest BCUT2D eigenvalue weighted by atomic mass is 9.86. The van der Waals surface area contributed by atoms with E-state index in [1.54, 1.807) is 0 Å². The van der Waals surface area contributed by atoms with Gasteiger partial charge < -0.3 is 15.8 Å². The highest BCUT2D eigenvalue weighted by Gasteiger charge is 2.25. The second-order valence-electron chi connectivity index (χ2n) is 4.80. The summed E-state index contributed by atoms with van der Waals surface area (Å²) in [5.41, 5.74) is 7.43. The minimum atomic E-state index is 0.240. The van der Waals surface area contributed by atoms with Gasteiger partial charge in [0, 0.05) is 18.6 Å². The number of rotatable bonds is 3. The molecule has 2 rings (SSSR count). The van der Waals surface area contributed by atoms with Gasteiger partial charge in [-0.25, -0.2) is 0 Å². The molecule has 0 radical (unpaired) electrons. The highest BCUT2D eigenvalue weighted by atomic mass is 16.5. The fourth-order valence-corrected chi connectivity index (χ4v) is 2.37. The van der Waals surface area contributed by atoms with Gasteiger partial charge in [-0.15, -0.1) is 0 Å². The average Bonchev–Trinajstić information content (AvgIpc) is 2.33. The zero-order valence-corrected chi connectivity index (χ0v) is 10.6. The summed E-state index contributed by atoms with van der Waals surface area (Å²) in [7, 11) is 0. The molecule has 0 aromatic heterocycles. The predicted octanol–water partition coefficient (Wildman–Crippen LogP) is 1.88. The van der Waals surface area contributed by atoms with Crippen LogP contribution in [0.25, 0.3) is 0 Å². The van der Waals surface area contributed by atoms with Crippen molar-refractivity contribution in [1.29, 1.82) is 0 Å². The lowest BCUT2D eigenvalue weighted by molar-refractivity contribution is 0.330. The minimum absolute atomic E-state index is 0.240. The third-order valence-electron chi connectivity index (χ3n) is 3.53. The zero-order chi connectivity index (χ0) is 12.3. The predicted molar refractivity (Wildman–Crippen MR) is 70.4 cm³/mol. The smallest absolute Gasteiger partial charge is 0.119 e. The Morgan fingerprint density at radius 2 is 2.29 bits per heavy atom. The molecule has 17 heavy (non-hydrogen) atoms. The standard InChI is InChI=1S/C14H22N2O/c1-3-17-13-6-4-5-11(7-13)12-8-14(15)10(2)16-9-12/h4-7,10,12,14,16H,3,8-9,15H2,1-2H3. The van der Waals surface area contributed by atoms with Gasteiger partial charge in [-0.1, -0.05) is 12.1 Å². The summed E-state index contributed by atoms with van der Waals surface area (Å²) in [6, 6.07) is 9.03. The molecule has 1 aromatic carbocycles. The molecule has 3 heteroatoms.